The molecule has 0 aliphatic carbocycles. The topological polar surface area (TPSA) is 94.2 Å². The first-order valence-corrected chi connectivity index (χ1v) is 10.2. The van der Waals surface area contributed by atoms with Gasteiger partial charge in [0.25, 0.3) is 5.56 Å². The number of benzene rings is 3. The maximum atomic E-state index is 13.2. The molecule has 7 heteroatoms. The predicted octanol–water partition coefficient (Wildman–Crippen LogP) is 3.97. The Morgan fingerprint density at radius 2 is 1.61 bits per heavy atom. The number of anilines is 2. The third kappa shape index (κ3) is 4.88. The molecule has 6 nitrogen and oxygen atoms in total. The molecular formula is C26H20FN3O3. The van der Waals surface area contributed by atoms with Crippen LogP contribution in [0.4, 0.5) is 15.9 Å². The van der Waals surface area contributed by atoms with Gasteiger partial charge in [-0.05, 0) is 60.2 Å². The minimum Gasteiger partial charge on any atom is -0.384 e. The van der Waals surface area contributed by atoms with Gasteiger partial charge in [-0.3, -0.25) is 19.0 Å². The first-order chi connectivity index (χ1) is 15.9. The summed E-state index contributed by atoms with van der Waals surface area (Å²) >= 11 is 0. The number of hydrogen-bond donors (Lipinski definition) is 2. The fourth-order valence-electron chi connectivity index (χ4n) is 3.49. The number of nitrogens with zero attached hydrogens (tertiary/aromatic N) is 1. The molecule has 0 radical (unpaired) electrons. The van der Waals surface area contributed by atoms with Gasteiger partial charge in [0, 0.05) is 17.3 Å². The molecule has 1 heterocycles. The number of rotatable bonds is 6. The molecule has 164 valence electrons. The van der Waals surface area contributed by atoms with Crippen molar-refractivity contribution in [3.8, 4) is 5.69 Å². The summed E-state index contributed by atoms with van der Waals surface area (Å²) in [5.41, 5.74) is 7.96. The molecule has 1 amide bonds. The maximum absolute atomic E-state index is 13.2. The first-order valence-electron chi connectivity index (χ1n) is 10.2. The monoisotopic (exact) mass is 441 g/mol. The number of aromatic nitrogens is 1. The number of halogens is 1. The van der Waals surface area contributed by atoms with Gasteiger partial charge in [0.15, 0.2) is 5.78 Å². The number of pyridine rings is 1. The normalized spacial score (nSPS) is 10.6. The fourth-order valence-corrected chi connectivity index (χ4v) is 3.49. The number of ketones is 1. The molecule has 3 N–H and O–H groups in total. The molecule has 0 unspecified atom stereocenters. The Morgan fingerprint density at radius 1 is 0.879 bits per heavy atom. The molecule has 0 saturated heterocycles. The molecule has 1 aromatic heterocycles. The zero-order valence-corrected chi connectivity index (χ0v) is 17.5. The van der Waals surface area contributed by atoms with Gasteiger partial charge in [0.05, 0.1) is 17.7 Å². The lowest BCUT2D eigenvalue weighted by atomic mass is 10.0. The van der Waals surface area contributed by atoms with Crippen LogP contribution in [0.5, 0.6) is 0 Å². The number of nitrogens with two attached hydrogens (primary N) is 1. The van der Waals surface area contributed by atoms with E-state index in [9.17, 15) is 18.8 Å². The van der Waals surface area contributed by atoms with Crippen LogP contribution < -0.4 is 16.6 Å². The van der Waals surface area contributed by atoms with Crippen molar-refractivity contribution in [1.82, 2.24) is 4.57 Å². The van der Waals surface area contributed by atoms with Crippen LogP contribution in [0.1, 0.15) is 21.5 Å². The molecule has 0 fully saturated rings. The van der Waals surface area contributed by atoms with E-state index in [1.165, 1.54) is 41.0 Å². The molecule has 3 aromatic carbocycles. The van der Waals surface area contributed by atoms with Gasteiger partial charge in [0.2, 0.25) is 5.91 Å². The second kappa shape index (κ2) is 9.32. The van der Waals surface area contributed by atoms with Crippen LogP contribution in [-0.2, 0) is 11.2 Å². The number of hydrogen-bond acceptors (Lipinski definition) is 4. The molecular weight excluding hydrogens is 421 g/mol. The van der Waals surface area contributed by atoms with Crippen LogP contribution in [0, 0.1) is 5.82 Å². The summed E-state index contributed by atoms with van der Waals surface area (Å²) in [6.07, 6.45) is 0.0889. The molecule has 33 heavy (non-hydrogen) atoms. The number of para-hydroxylation sites is 1. The maximum Gasteiger partial charge on any atom is 0.256 e. The Morgan fingerprint density at radius 3 is 2.33 bits per heavy atom. The standard InChI is InChI=1S/C26H20FN3O3/c27-19-11-9-18(10-12-19)25(33)22-13-14-24(32)30(26(22)28)21-8-4-5-17(15-21)16-23(31)29-20-6-2-1-3-7-20/h1-15H,16,28H2,(H,29,31). The summed E-state index contributed by atoms with van der Waals surface area (Å²) < 4.78 is 14.4. The molecule has 4 aromatic rings. The average molecular weight is 441 g/mol. The van der Waals surface area contributed by atoms with E-state index >= 15 is 0 Å². The Labute approximate surface area is 189 Å². The fraction of sp³-hybridized carbons (Fsp3) is 0.0385. The second-order valence-corrected chi connectivity index (χ2v) is 7.40. The van der Waals surface area contributed by atoms with Crippen LogP contribution in [0.25, 0.3) is 5.69 Å². The highest BCUT2D eigenvalue weighted by molar-refractivity contribution is 6.11. The molecule has 4 rings (SSSR count). The van der Waals surface area contributed by atoms with Crippen molar-refractivity contribution < 1.29 is 14.0 Å². The van der Waals surface area contributed by atoms with Gasteiger partial charge >= 0.3 is 0 Å². The summed E-state index contributed by atoms with van der Waals surface area (Å²) in [4.78, 5) is 37.9. The minimum absolute atomic E-state index is 0.0392. The smallest absolute Gasteiger partial charge is 0.256 e. The highest BCUT2D eigenvalue weighted by Gasteiger charge is 2.17. The van der Waals surface area contributed by atoms with Crippen molar-refractivity contribution in [3.63, 3.8) is 0 Å². The molecule has 0 aliphatic heterocycles. The van der Waals surface area contributed by atoms with Gasteiger partial charge in [-0.15, -0.1) is 0 Å². The zero-order chi connectivity index (χ0) is 23.4. The van der Waals surface area contributed by atoms with Crippen molar-refractivity contribution >= 4 is 23.2 Å². The Kier molecular flexibility index (Phi) is 6.13. The third-order valence-electron chi connectivity index (χ3n) is 5.07. The van der Waals surface area contributed by atoms with E-state index in [4.69, 9.17) is 5.73 Å². The van der Waals surface area contributed by atoms with Crippen molar-refractivity contribution in [2.24, 2.45) is 0 Å². The number of carbonyl (C=O) groups is 2. The number of carbonyl (C=O) groups excluding carboxylic acids is 2. The van der Waals surface area contributed by atoms with E-state index in [0.717, 1.165) is 0 Å². The van der Waals surface area contributed by atoms with Crippen molar-refractivity contribution in [2.75, 3.05) is 11.1 Å². The summed E-state index contributed by atoms with van der Waals surface area (Å²) in [5.74, 6) is -1.14. The van der Waals surface area contributed by atoms with Crippen LogP contribution in [0.3, 0.4) is 0 Å². The Balaban J connectivity index is 1.63. The average Bonchev–Trinajstić information content (AvgIpc) is 2.80. The van der Waals surface area contributed by atoms with E-state index in [0.29, 0.717) is 16.9 Å². The number of nitrogens with one attached hydrogen (secondary N) is 1. The Bertz CT molecular complexity index is 1380. The minimum atomic E-state index is -0.461. The van der Waals surface area contributed by atoms with E-state index in [1.54, 1.807) is 36.4 Å². The van der Waals surface area contributed by atoms with Gasteiger partial charge in [0.1, 0.15) is 11.6 Å². The molecule has 0 aliphatic rings. The van der Waals surface area contributed by atoms with Gasteiger partial charge < -0.3 is 11.1 Å². The summed E-state index contributed by atoms with van der Waals surface area (Å²) in [6, 6.07) is 23.6. The Hall–Kier alpha value is -4.52. The molecule has 0 saturated carbocycles. The van der Waals surface area contributed by atoms with Crippen LogP contribution >= 0.6 is 0 Å². The highest BCUT2D eigenvalue weighted by Crippen LogP contribution is 2.20. The quantitative estimate of drug-likeness (QED) is 0.443. The van der Waals surface area contributed by atoms with E-state index in [2.05, 4.69) is 5.32 Å². The summed E-state index contributed by atoms with van der Waals surface area (Å²) in [5, 5.41) is 2.82. The summed E-state index contributed by atoms with van der Waals surface area (Å²) in [7, 11) is 0. The molecule has 0 atom stereocenters. The zero-order valence-electron chi connectivity index (χ0n) is 17.5. The largest absolute Gasteiger partial charge is 0.384 e. The van der Waals surface area contributed by atoms with Gasteiger partial charge in [-0.1, -0.05) is 30.3 Å². The van der Waals surface area contributed by atoms with E-state index < -0.39 is 17.2 Å². The number of nitrogen functional groups attached to an aromatic ring is 1. The van der Waals surface area contributed by atoms with Crippen molar-refractivity contribution in [3.05, 3.63) is 124 Å². The van der Waals surface area contributed by atoms with Crippen LogP contribution in [0.2, 0.25) is 0 Å². The lowest BCUT2D eigenvalue weighted by Gasteiger charge is -2.14. The second-order valence-electron chi connectivity index (χ2n) is 7.40. The van der Waals surface area contributed by atoms with Gasteiger partial charge in [-0.2, -0.15) is 0 Å². The third-order valence-corrected chi connectivity index (χ3v) is 5.07. The van der Waals surface area contributed by atoms with E-state index in [1.807, 2.05) is 18.2 Å². The van der Waals surface area contributed by atoms with Crippen molar-refractivity contribution in [1.29, 1.82) is 0 Å². The van der Waals surface area contributed by atoms with Crippen LogP contribution in [-0.4, -0.2) is 16.3 Å². The molecule has 0 spiro atoms. The first kappa shape index (κ1) is 21.7. The lowest BCUT2D eigenvalue weighted by molar-refractivity contribution is -0.115. The highest BCUT2D eigenvalue weighted by atomic mass is 19.1. The van der Waals surface area contributed by atoms with Gasteiger partial charge in [-0.25, -0.2) is 4.39 Å². The number of amides is 1. The summed E-state index contributed by atoms with van der Waals surface area (Å²) in [6.45, 7) is 0. The van der Waals surface area contributed by atoms with Crippen molar-refractivity contribution in [2.45, 2.75) is 6.42 Å². The van der Waals surface area contributed by atoms with E-state index in [-0.39, 0.29) is 29.3 Å². The SMILES string of the molecule is Nc1c(C(=O)c2ccc(F)cc2)ccc(=O)n1-c1cccc(CC(=O)Nc2ccccc2)c1. The molecule has 0 bridgehead atoms. The predicted molar refractivity (Wildman–Crippen MR) is 125 cm³/mol. The van der Waals surface area contributed by atoms with Crippen LogP contribution in [0.15, 0.2) is 95.8 Å². The lowest BCUT2D eigenvalue weighted by Crippen LogP contribution is -2.23.